The number of aliphatic hydroxyl groups is 1. The average Bonchev–Trinajstić information content (AvgIpc) is 2.85. The van der Waals surface area contributed by atoms with Crippen LogP contribution in [0.2, 0.25) is 0 Å². The molecule has 5 nitrogen and oxygen atoms in total. The first-order chi connectivity index (χ1) is 10.5. The van der Waals surface area contributed by atoms with E-state index in [1.54, 1.807) is 18.2 Å². The van der Waals surface area contributed by atoms with Gasteiger partial charge < -0.3 is 19.6 Å². The number of amides is 1. The number of carbonyl (C=O) groups excluding carboxylic acids is 1. The zero-order valence-corrected chi connectivity index (χ0v) is 13.1. The molecule has 1 amide bonds. The monoisotopic (exact) mass is 303 g/mol. The summed E-state index contributed by atoms with van der Waals surface area (Å²) in [5, 5.41) is 13.0. The summed E-state index contributed by atoms with van der Waals surface area (Å²) in [6.07, 6.45) is -0.240. The Bertz CT molecular complexity index is 648. The number of benzene rings is 1. The number of rotatable bonds is 6. The van der Waals surface area contributed by atoms with E-state index in [1.807, 2.05) is 26.0 Å². The lowest BCUT2D eigenvalue weighted by atomic mass is 10.1. The normalized spacial score (nSPS) is 12.0. The second-order valence-corrected chi connectivity index (χ2v) is 5.13. The van der Waals surface area contributed by atoms with E-state index in [4.69, 9.17) is 9.15 Å². The van der Waals surface area contributed by atoms with Crippen LogP contribution >= 0.6 is 0 Å². The predicted octanol–water partition coefficient (Wildman–Crippen LogP) is 2.76. The van der Waals surface area contributed by atoms with Crippen LogP contribution in [0.3, 0.4) is 0 Å². The third-order valence-corrected chi connectivity index (χ3v) is 3.49. The van der Waals surface area contributed by atoms with Gasteiger partial charge in [-0.2, -0.15) is 0 Å². The van der Waals surface area contributed by atoms with E-state index in [2.05, 4.69) is 5.32 Å². The van der Waals surface area contributed by atoms with Crippen LogP contribution in [-0.2, 0) is 0 Å². The van der Waals surface area contributed by atoms with E-state index in [0.717, 1.165) is 11.3 Å². The molecule has 1 atom stereocenters. The standard InChI is InChI=1S/C17H21NO4/c1-11-10-14(12(2)22-11)15(19)8-9-18-17(20)13-6-4-5-7-16(13)21-3/h4-7,10,15,19H,8-9H2,1-3H3,(H,18,20). The first-order valence-corrected chi connectivity index (χ1v) is 7.19. The van der Waals surface area contributed by atoms with Crippen molar-refractivity contribution in [1.29, 1.82) is 0 Å². The molecule has 1 heterocycles. The Balaban J connectivity index is 1.90. The van der Waals surface area contributed by atoms with Crippen LogP contribution in [0.25, 0.3) is 0 Å². The molecular weight excluding hydrogens is 282 g/mol. The van der Waals surface area contributed by atoms with Gasteiger partial charge in [-0.3, -0.25) is 4.79 Å². The number of hydrogen-bond donors (Lipinski definition) is 2. The predicted molar refractivity (Wildman–Crippen MR) is 83.1 cm³/mol. The van der Waals surface area contributed by atoms with Crippen LogP contribution < -0.4 is 10.1 Å². The van der Waals surface area contributed by atoms with Gasteiger partial charge in [0.2, 0.25) is 0 Å². The molecule has 0 fully saturated rings. The van der Waals surface area contributed by atoms with Crippen molar-refractivity contribution in [2.75, 3.05) is 13.7 Å². The highest BCUT2D eigenvalue weighted by Gasteiger charge is 2.16. The smallest absolute Gasteiger partial charge is 0.255 e. The van der Waals surface area contributed by atoms with Crippen molar-refractivity contribution in [3.8, 4) is 5.75 Å². The molecule has 1 aromatic heterocycles. The van der Waals surface area contributed by atoms with Crippen molar-refractivity contribution in [3.05, 3.63) is 53.0 Å². The maximum absolute atomic E-state index is 12.1. The molecule has 2 rings (SSSR count). The Hall–Kier alpha value is -2.27. The molecule has 1 aromatic carbocycles. The molecule has 0 bridgehead atoms. The largest absolute Gasteiger partial charge is 0.496 e. The lowest BCUT2D eigenvalue weighted by molar-refractivity contribution is 0.0939. The first-order valence-electron chi connectivity index (χ1n) is 7.19. The Kier molecular flexibility index (Phi) is 5.22. The maximum Gasteiger partial charge on any atom is 0.255 e. The average molecular weight is 303 g/mol. The summed E-state index contributed by atoms with van der Waals surface area (Å²) in [5.41, 5.74) is 1.25. The fraction of sp³-hybridized carbons (Fsp3) is 0.353. The van der Waals surface area contributed by atoms with Crippen molar-refractivity contribution >= 4 is 5.91 Å². The molecule has 22 heavy (non-hydrogen) atoms. The van der Waals surface area contributed by atoms with Gasteiger partial charge >= 0.3 is 0 Å². The number of aryl methyl sites for hydroxylation is 2. The molecule has 118 valence electrons. The minimum absolute atomic E-state index is 0.218. The summed E-state index contributed by atoms with van der Waals surface area (Å²) < 4.78 is 10.6. The molecule has 0 aliphatic carbocycles. The van der Waals surface area contributed by atoms with Crippen LogP contribution in [0.15, 0.2) is 34.7 Å². The minimum atomic E-state index is -0.657. The number of nitrogens with one attached hydrogen (secondary N) is 1. The van der Waals surface area contributed by atoms with Crippen LogP contribution in [0.1, 0.15) is 40.0 Å². The van der Waals surface area contributed by atoms with Crippen LogP contribution in [0, 0.1) is 13.8 Å². The van der Waals surface area contributed by atoms with Crippen molar-refractivity contribution in [3.63, 3.8) is 0 Å². The Morgan fingerprint density at radius 1 is 1.36 bits per heavy atom. The number of aliphatic hydroxyl groups excluding tert-OH is 1. The summed E-state index contributed by atoms with van der Waals surface area (Å²) >= 11 is 0. The topological polar surface area (TPSA) is 71.7 Å². The molecule has 0 aliphatic heterocycles. The van der Waals surface area contributed by atoms with E-state index in [-0.39, 0.29) is 5.91 Å². The number of carbonyl (C=O) groups is 1. The highest BCUT2D eigenvalue weighted by Crippen LogP contribution is 2.23. The highest BCUT2D eigenvalue weighted by molar-refractivity contribution is 5.96. The van der Waals surface area contributed by atoms with E-state index in [1.165, 1.54) is 7.11 Å². The van der Waals surface area contributed by atoms with Gasteiger partial charge in [0.25, 0.3) is 5.91 Å². The summed E-state index contributed by atoms with van der Waals surface area (Å²) in [7, 11) is 1.53. The summed E-state index contributed by atoms with van der Waals surface area (Å²) in [6, 6.07) is 8.85. The zero-order chi connectivity index (χ0) is 16.1. The fourth-order valence-corrected chi connectivity index (χ4v) is 2.39. The fourth-order valence-electron chi connectivity index (χ4n) is 2.39. The van der Waals surface area contributed by atoms with E-state index in [0.29, 0.717) is 30.0 Å². The lowest BCUT2D eigenvalue weighted by Gasteiger charge is -2.12. The number of para-hydroxylation sites is 1. The number of ether oxygens (including phenoxy) is 1. The van der Waals surface area contributed by atoms with Crippen molar-refractivity contribution in [1.82, 2.24) is 5.32 Å². The minimum Gasteiger partial charge on any atom is -0.496 e. The van der Waals surface area contributed by atoms with Crippen molar-refractivity contribution in [2.24, 2.45) is 0 Å². The summed E-state index contributed by atoms with van der Waals surface area (Å²) in [4.78, 5) is 12.1. The van der Waals surface area contributed by atoms with E-state index in [9.17, 15) is 9.90 Å². The van der Waals surface area contributed by atoms with Gasteiger partial charge in [-0.05, 0) is 38.5 Å². The first kappa shape index (κ1) is 16.1. The zero-order valence-electron chi connectivity index (χ0n) is 13.1. The van der Waals surface area contributed by atoms with E-state index >= 15 is 0 Å². The van der Waals surface area contributed by atoms with Gasteiger partial charge in [0, 0.05) is 12.1 Å². The van der Waals surface area contributed by atoms with Gasteiger partial charge in [0.1, 0.15) is 17.3 Å². The summed E-state index contributed by atoms with van der Waals surface area (Å²) in [5.74, 6) is 1.79. The Morgan fingerprint density at radius 2 is 2.09 bits per heavy atom. The number of furan rings is 1. The van der Waals surface area contributed by atoms with Gasteiger partial charge in [0.05, 0.1) is 18.8 Å². The Morgan fingerprint density at radius 3 is 2.73 bits per heavy atom. The number of hydrogen-bond acceptors (Lipinski definition) is 4. The molecule has 0 saturated carbocycles. The third-order valence-electron chi connectivity index (χ3n) is 3.49. The van der Waals surface area contributed by atoms with Crippen molar-refractivity contribution in [2.45, 2.75) is 26.4 Å². The summed E-state index contributed by atoms with van der Waals surface area (Å²) in [6.45, 7) is 4.02. The van der Waals surface area contributed by atoms with Crippen molar-refractivity contribution < 1.29 is 19.1 Å². The van der Waals surface area contributed by atoms with Gasteiger partial charge in [-0.25, -0.2) is 0 Å². The maximum atomic E-state index is 12.1. The SMILES string of the molecule is COc1ccccc1C(=O)NCCC(O)c1cc(C)oc1C. The highest BCUT2D eigenvalue weighted by atomic mass is 16.5. The van der Waals surface area contributed by atoms with Gasteiger partial charge in [-0.15, -0.1) is 0 Å². The molecule has 5 heteroatoms. The van der Waals surface area contributed by atoms with Gasteiger partial charge in [0.15, 0.2) is 0 Å². The Labute approximate surface area is 129 Å². The molecule has 2 aromatic rings. The lowest BCUT2D eigenvalue weighted by Crippen LogP contribution is -2.26. The molecule has 2 N–H and O–H groups in total. The molecular formula is C17H21NO4. The second-order valence-electron chi connectivity index (χ2n) is 5.13. The third kappa shape index (κ3) is 3.68. The number of methoxy groups -OCH3 is 1. The molecule has 1 unspecified atom stereocenters. The molecule has 0 saturated heterocycles. The second kappa shape index (κ2) is 7.13. The molecule has 0 aliphatic rings. The quantitative estimate of drug-likeness (QED) is 0.860. The van der Waals surface area contributed by atoms with E-state index < -0.39 is 6.10 Å². The molecule has 0 spiro atoms. The van der Waals surface area contributed by atoms with Crippen LogP contribution in [0.4, 0.5) is 0 Å². The van der Waals surface area contributed by atoms with Crippen LogP contribution in [0.5, 0.6) is 5.75 Å². The molecule has 0 radical (unpaired) electrons. The van der Waals surface area contributed by atoms with Crippen LogP contribution in [-0.4, -0.2) is 24.7 Å². The van der Waals surface area contributed by atoms with Gasteiger partial charge in [-0.1, -0.05) is 12.1 Å².